The maximum Gasteiger partial charge on any atom is 0.361 e. The van der Waals surface area contributed by atoms with Crippen LogP contribution in [0.4, 0.5) is 0 Å². The van der Waals surface area contributed by atoms with Crippen LogP contribution in [0.3, 0.4) is 0 Å². The average Bonchev–Trinajstić information content (AvgIpc) is 3.18. The molecule has 0 saturated carbocycles. The van der Waals surface area contributed by atoms with Crippen LogP contribution in [-0.4, -0.2) is 35.1 Å². The number of benzene rings is 2. The first kappa shape index (κ1) is 20.0. The minimum Gasteiger partial charge on any atom is -0.493 e. The smallest absolute Gasteiger partial charge is 0.361 e. The van der Waals surface area contributed by atoms with Gasteiger partial charge in [0.1, 0.15) is 12.3 Å². The van der Waals surface area contributed by atoms with E-state index in [9.17, 15) is 4.79 Å². The Morgan fingerprint density at radius 3 is 2.68 bits per heavy atom. The van der Waals surface area contributed by atoms with Gasteiger partial charge in [-0.1, -0.05) is 35.3 Å². The minimum absolute atomic E-state index is 0.0643. The van der Waals surface area contributed by atoms with Crippen LogP contribution in [0, 0.1) is 0 Å². The number of hydrogen-bond acceptors (Lipinski definition) is 6. The Bertz CT molecular complexity index is 991. The highest BCUT2D eigenvalue weighted by atomic mass is 35.5. The van der Waals surface area contributed by atoms with Gasteiger partial charge in [0, 0.05) is 0 Å². The van der Waals surface area contributed by atoms with Gasteiger partial charge in [0.2, 0.25) is 0 Å². The van der Waals surface area contributed by atoms with E-state index in [4.69, 9.17) is 37.4 Å². The molecule has 2 aromatic carbocycles. The molecule has 7 nitrogen and oxygen atoms in total. The molecular formula is C19H17Cl2N3O4. The Hall–Kier alpha value is -2.77. The molecule has 0 aliphatic carbocycles. The number of ether oxygens (including phenoxy) is 3. The van der Waals surface area contributed by atoms with E-state index < -0.39 is 5.97 Å². The lowest BCUT2D eigenvalue weighted by Gasteiger charge is -2.15. The van der Waals surface area contributed by atoms with E-state index in [2.05, 4.69) is 15.4 Å². The monoisotopic (exact) mass is 421 g/mol. The Morgan fingerprint density at radius 1 is 1.14 bits per heavy atom. The summed E-state index contributed by atoms with van der Waals surface area (Å²) < 4.78 is 16.5. The zero-order valence-electron chi connectivity index (χ0n) is 15.2. The van der Waals surface area contributed by atoms with Crippen LogP contribution in [0.2, 0.25) is 10.0 Å². The molecule has 0 fully saturated rings. The number of methoxy groups -OCH3 is 1. The summed E-state index contributed by atoms with van der Waals surface area (Å²) in [6.07, 6.45) is 0. The van der Waals surface area contributed by atoms with Gasteiger partial charge in [-0.2, -0.15) is 10.3 Å². The fraction of sp³-hybridized carbons (Fsp3) is 0.211. The molecule has 28 heavy (non-hydrogen) atoms. The molecule has 0 unspecified atom stereocenters. The molecule has 0 aliphatic heterocycles. The lowest BCUT2D eigenvalue weighted by atomic mass is 10.1. The summed E-state index contributed by atoms with van der Waals surface area (Å²) >= 11 is 12.0. The first-order valence-corrected chi connectivity index (χ1v) is 9.12. The van der Waals surface area contributed by atoms with Gasteiger partial charge in [-0.15, -0.1) is 5.10 Å². The van der Waals surface area contributed by atoms with Crippen LogP contribution in [0.5, 0.6) is 11.5 Å². The van der Waals surface area contributed by atoms with Crippen LogP contribution < -0.4 is 9.47 Å². The van der Waals surface area contributed by atoms with Gasteiger partial charge in [0.25, 0.3) is 0 Å². The molecule has 9 heteroatoms. The molecule has 3 rings (SSSR count). The Morgan fingerprint density at radius 2 is 1.96 bits per heavy atom. The summed E-state index contributed by atoms with van der Waals surface area (Å²) in [5, 5.41) is 11.4. The van der Waals surface area contributed by atoms with Crippen molar-refractivity contribution in [3.8, 4) is 22.8 Å². The largest absolute Gasteiger partial charge is 0.493 e. The van der Waals surface area contributed by atoms with Crippen molar-refractivity contribution in [3.05, 3.63) is 57.7 Å². The number of aromatic nitrogens is 3. The van der Waals surface area contributed by atoms with E-state index in [0.29, 0.717) is 32.8 Å². The van der Waals surface area contributed by atoms with Crippen molar-refractivity contribution in [1.29, 1.82) is 0 Å². The maximum atomic E-state index is 12.2. The molecule has 1 heterocycles. The van der Waals surface area contributed by atoms with E-state index in [0.717, 1.165) is 5.56 Å². The SMILES string of the molecule is CCOC(=O)c1n[nH]nc1-c1cccc(OC)c1OCc1ccc(Cl)c(Cl)c1. The third-order valence-electron chi connectivity index (χ3n) is 3.84. The number of nitrogens with one attached hydrogen (secondary N) is 1. The summed E-state index contributed by atoms with van der Waals surface area (Å²) in [6.45, 7) is 2.15. The Kier molecular flexibility index (Phi) is 6.38. The Balaban J connectivity index is 1.97. The number of nitrogens with zero attached hydrogens (tertiary/aromatic N) is 2. The predicted molar refractivity (Wildman–Crippen MR) is 105 cm³/mol. The fourth-order valence-corrected chi connectivity index (χ4v) is 2.88. The van der Waals surface area contributed by atoms with E-state index in [-0.39, 0.29) is 18.9 Å². The van der Waals surface area contributed by atoms with Crippen molar-refractivity contribution in [2.45, 2.75) is 13.5 Å². The topological polar surface area (TPSA) is 86.3 Å². The summed E-state index contributed by atoms with van der Waals surface area (Å²) in [5.74, 6) is 0.315. The molecule has 1 aromatic heterocycles. The van der Waals surface area contributed by atoms with Gasteiger partial charge in [0.05, 0.1) is 29.3 Å². The summed E-state index contributed by atoms with van der Waals surface area (Å²) in [5.41, 5.74) is 1.73. The third-order valence-corrected chi connectivity index (χ3v) is 4.58. The lowest BCUT2D eigenvalue weighted by Crippen LogP contribution is -2.07. The van der Waals surface area contributed by atoms with Crippen molar-refractivity contribution < 1.29 is 19.0 Å². The van der Waals surface area contributed by atoms with E-state index in [1.54, 1.807) is 37.3 Å². The standard InChI is InChI=1S/C19H17Cl2N3O4/c1-3-27-19(25)17-16(22-24-23-17)12-5-4-6-15(26-2)18(12)28-10-11-7-8-13(20)14(21)9-11/h4-9H,3,10H2,1-2H3,(H,22,23,24). The van der Waals surface area contributed by atoms with Crippen LogP contribution in [-0.2, 0) is 11.3 Å². The van der Waals surface area contributed by atoms with Crippen molar-refractivity contribution in [3.63, 3.8) is 0 Å². The van der Waals surface area contributed by atoms with Gasteiger partial charge in [-0.3, -0.25) is 0 Å². The van der Waals surface area contributed by atoms with Crippen molar-refractivity contribution >= 4 is 29.2 Å². The van der Waals surface area contributed by atoms with Gasteiger partial charge >= 0.3 is 5.97 Å². The molecule has 0 bridgehead atoms. The summed E-state index contributed by atoms with van der Waals surface area (Å²) in [7, 11) is 1.53. The molecule has 0 radical (unpaired) electrons. The molecule has 146 valence electrons. The number of H-pyrrole nitrogens is 1. The molecule has 0 saturated heterocycles. The third kappa shape index (κ3) is 4.21. The number of rotatable bonds is 7. The van der Waals surface area contributed by atoms with E-state index in [1.165, 1.54) is 7.11 Å². The van der Waals surface area contributed by atoms with E-state index in [1.807, 2.05) is 6.07 Å². The number of para-hydroxylation sites is 1. The van der Waals surface area contributed by atoms with Crippen LogP contribution in [0.15, 0.2) is 36.4 Å². The molecule has 0 amide bonds. The number of halogens is 2. The lowest BCUT2D eigenvalue weighted by molar-refractivity contribution is 0.0520. The minimum atomic E-state index is -0.579. The first-order valence-electron chi connectivity index (χ1n) is 8.37. The number of aromatic amines is 1. The zero-order chi connectivity index (χ0) is 20.1. The van der Waals surface area contributed by atoms with Crippen LogP contribution in [0.1, 0.15) is 23.0 Å². The quantitative estimate of drug-likeness (QED) is 0.563. The molecule has 0 atom stereocenters. The first-order chi connectivity index (χ1) is 13.5. The average molecular weight is 422 g/mol. The normalized spacial score (nSPS) is 10.6. The van der Waals surface area contributed by atoms with Gasteiger partial charge < -0.3 is 14.2 Å². The molecule has 1 N–H and O–H groups in total. The van der Waals surface area contributed by atoms with Crippen LogP contribution >= 0.6 is 23.2 Å². The highest BCUT2D eigenvalue weighted by Crippen LogP contribution is 2.39. The number of carbonyl (C=O) groups is 1. The van der Waals surface area contributed by atoms with E-state index >= 15 is 0 Å². The molecular weight excluding hydrogens is 405 g/mol. The number of hydrogen-bond donors (Lipinski definition) is 1. The highest BCUT2D eigenvalue weighted by Gasteiger charge is 2.23. The zero-order valence-corrected chi connectivity index (χ0v) is 16.7. The fourth-order valence-electron chi connectivity index (χ4n) is 2.56. The molecule has 0 spiro atoms. The Labute approximate surface area is 171 Å². The number of esters is 1. The number of carbonyl (C=O) groups excluding carboxylic acids is 1. The second kappa shape index (κ2) is 8.95. The maximum absolute atomic E-state index is 12.2. The van der Waals surface area contributed by atoms with Crippen molar-refractivity contribution in [2.24, 2.45) is 0 Å². The van der Waals surface area contributed by atoms with Crippen molar-refractivity contribution in [1.82, 2.24) is 15.4 Å². The molecule has 3 aromatic rings. The van der Waals surface area contributed by atoms with Gasteiger partial charge in [-0.25, -0.2) is 4.79 Å². The second-order valence-electron chi connectivity index (χ2n) is 5.62. The summed E-state index contributed by atoms with van der Waals surface area (Å²) in [4.78, 5) is 12.2. The second-order valence-corrected chi connectivity index (χ2v) is 6.43. The predicted octanol–water partition coefficient (Wildman–Crippen LogP) is 4.54. The molecule has 0 aliphatic rings. The van der Waals surface area contributed by atoms with Gasteiger partial charge in [-0.05, 0) is 36.8 Å². The van der Waals surface area contributed by atoms with Crippen LogP contribution in [0.25, 0.3) is 11.3 Å². The highest BCUT2D eigenvalue weighted by molar-refractivity contribution is 6.42. The van der Waals surface area contributed by atoms with Gasteiger partial charge in [0.15, 0.2) is 17.2 Å². The van der Waals surface area contributed by atoms with Crippen molar-refractivity contribution in [2.75, 3.05) is 13.7 Å². The summed E-state index contributed by atoms with van der Waals surface area (Å²) in [6, 6.07) is 10.5.